The molecule has 1 atom stereocenters. The molecule has 0 bridgehead atoms. The molecule has 3 aromatic heterocycles. The molecule has 1 N–H and O–H groups in total. The topological polar surface area (TPSA) is 105 Å². The zero-order valence-corrected chi connectivity index (χ0v) is 23.5. The van der Waals surface area contributed by atoms with Gasteiger partial charge >= 0.3 is 5.97 Å². The van der Waals surface area contributed by atoms with Crippen LogP contribution in [0.15, 0.2) is 35.4 Å². The highest BCUT2D eigenvalue weighted by molar-refractivity contribution is 6.76. The SMILES string of the molecule is COc1cc2c(=O)n([C@H](C(=O)O)C(C)C)c3c(cnc4c3ccn4COCC[Si](C)(C)C)c2cc1OC. The maximum absolute atomic E-state index is 14.0. The fraction of sp³-hybridized carbons (Fsp3) is 0.444. The van der Waals surface area contributed by atoms with Gasteiger partial charge in [0.2, 0.25) is 0 Å². The molecule has 1 aromatic carbocycles. The van der Waals surface area contributed by atoms with Crippen LogP contribution in [0.5, 0.6) is 11.5 Å². The number of hydrogen-bond donors (Lipinski definition) is 1. The van der Waals surface area contributed by atoms with Gasteiger partial charge in [-0.05, 0) is 30.2 Å². The zero-order chi connectivity index (χ0) is 27.1. The summed E-state index contributed by atoms with van der Waals surface area (Å²) in [6.45, 7) is 11.5. The first-order valence-corrected chi connectivity index (χ1v) is 16.1. The maximum Gasteiger partial charge on any atom is 0.327 e. The highest BCUT2D eigenvalue weighted by atomic mass is 28.3. The Labute approximate surface area is 216 Å². The smallest absolute Gasteiger partial charge is 0.327 e. The quantitative estimate of drug-likeness (QED) is 0.174. The van der Waals surface area contributed by atoms with Gasteiger partial charge < -0.3 is 23.9 Å². The lowest BCUT2D eigenvalue weighted by molar-refractivity contribution is -0.142. The lowest BCUT2D eigenvalue weighted by Crippen LogP contribution is -2.33. The summed E-state index contributed by atoms with van der Waals surface area (Å²) in [6.07, 6.45) is 3.56. The van der Waals surface area contributed by atoms with Crippen LogP contribution in [0.2, 0.25) is 25.7 Å². The molecule has 0 aliphatic rings. The van der Waals surface area contributed by atoms with E-state index < -0.39 is 25.6 Å². The van der Waals surface area contributed by atoms with Crippen molar-refractivity contribution in [1.29, 1.82) is 0 Å². The molecule has 0 aliphatic carbocycles. The maximum atomic E-state index is 14.0. The highest BCUT2D eigenvalue weighted by Gasteiger charge is 2.29. The second-order valence-electron chi connectivity index (χ2n) is 10.8. The van der Waals surface area contributed by atoms with E-state index in [1.165, 1.54) is 18.8 Å². The molecule has 3 heterocycles. The van der Waals surface area contributed by atoms with Gasteiger partial charge in [-0.25, -0.2) is 9.78 Å². The molecule has 0 saturated heterocycles. The minimum Gasteiger partial charge on any atom is -0.493 e. The summed E-state index contributed by atoms with van der Waals surface area (Å²) < 4.78 is 20.1. The van der Waals surface area contributed by atoms with Crippen LogP contribution in [0.4, 0.5) is 0 Å². The van der Waals surface area contributed by atoms with Crippen molar-refractivity contribution in [3.63, 3.8) is 0 Å². The van der Waals surface area contributed by atoms with Gasteiger partial charge in [-0.2, -0.15) is 0 Å². The van der Waals surface area contributed by atoms with Gasteiger partial charge in [0.1, 0.15) is 18.4 Å². The number of carboxylic acid groups (broad SMARTS) is 1. The van der Waals surface area contributed by atoms with Crippen molar-refractivity contribution in [2.75, 3.05) is 20.8 Å². The lowest BCUT2D eigenvalue weighted by atomic mass is 10.00. The molecular formula is C27H35N3O6Si. The molecule has 0 fully saturated rings. The van der Waals surface area contributed by atoms with Crippen LogP contribution in [-0.4, -0.2) is 54.1 Å². The summed E-state index contributed by atoms with van der Waals surface area (Å²) in [7, 11) is 1.81. The third-order valence-corrected chi connectivity index (χ3v) is 8.36. The van der Waals surface area contributed by atoms with Crippen molar-refractivity contribution in [1.82, 2.24) is 14.1 Å². The van der Waals surface area contributed by atoms with E-state index >= 15 is 0 Å². The fourth-order valence-electron chi connectivity index (χ4n) is 4.70. The Morgan fingerprint density at radius 3 is 2.27 bits per heavy atom. The van der Waals surface area contributed by atoms with Crippen LogP contribution in [0.3, 0.4) is 0 Å². The number of fused-ring (bicyclic) bond motifs is 5. The number of rotatable bonds is 10. The molecule has 0 aliphatic heterocycles. The van der Waals surface area contributed by atoms with Gasteiger partial charge in [0.15, 0.2) is 11.5 Å². The van der Waals surface area contributed by atoms with E-state index in [0.717, 1.165) is 6.04 Å². The summed E-state index contributed by atoms with van der Waals surface area (Å²) in [6, 6.07) is 5.20. The van der Waals surface area contributed by atoms with Crippen LogP contribution in [0.1, 0.15) is 19.9 Å². The summed E-state index contributed by atoms with van der Waals surface area (Å²) in [5.41, 5.74) is 0.745. The Kier molecular flexibility index (Phi) is 7.34. The summed E-state index contributed by atoms with van der Waals surface area (Å²) in [5.74, 6) is -0.547. The van der Waals surface area contributed by atoms with E-state index in [9.17, 15) is 14.7 Å². The second-order valence-corrected chi connectivity index (χ2v) is 16.5. The van der Waals surface area contributed by atoms with E-state index in [1.54, 1.807) is 32.2 Å². The van der Waals surface area contributed by atoms with Gasteiger partial charge in [0.05, 0.1) is 25.1 Å². The monoisotopic (exact) mass is 525 g/mol. The number of carbonyl (C=O) groups is 1. The van der Waals surface area contributed by atoms with Crippen LogP contribution in [0, 0.1) is 5.92 Å². The van der Waals surface area contributed by atoms with Crippen molar-refractivity contribution < 1.29 is 24.1 Å². The molecule has 0 amide bonds. The molecule has 10 heteroatoms. The first-order chi connectivity index (χ1) is 17.5. The predicted molar refractivity (Wildman–Crippen MR) is 148 cm³/mol. The molecular weight excluding hydrogens is 490 g/mol. The number of pyridine rings is 2. The average molecular weight is 526 g/mol. The number of carboxylic acids is 1. The number of benzene rings is 1. The van der Waals surface area contributed by atoms with E-state index in [1.807, 2.05) is 16.8 Å². The Morgan fingerprint density at radius 2 is 1.70 bits per heavy atom. The average Bonchev–Trinajstić information content (AvgIpc) is 3.25. The summed E-state index contributed by atoms with van der Waals surface area (Å²) in [5, 5.41) is 12.5. The number of aromatic nitrogens is 3. The normalized spacial score (nSPS) is 13.1. The van der Waals surface area contributed by atoms with Crippen molar-refractivity contribution in [3.8, 4) is 11.5 Å². The fourth-order valence-corrected chi connectivity index (χ4v) is 5.45. The summed E-state index contributed by atoms with van der Waals surface area (Å²) in [4.78, 5) is 31.1. The number of methoxy groups -OCH3 is 2. The third-order valence-electron chi connectivity index (χ3n) is 6.65. The molecule has 0 saturated carbocycles. The minimum absolute atomic E-state index is 0.321. The van der Waals surface area contributed by atoms with Gasteiger partial charge in [0, 0.05) is 43.2 Å². The van der Waals surface area contributed by atoms with E-state index in [4.69, 9.17) is 19.2 Å². The number of aliphatic carboxylic acids is 1. The zero-order valence-electron chi connectivity index (χ0n) is 22.5. The highest BCUT2D eigenvalue weighted by Crippen LogP contribution is 2.37. The van der Waals surface area contributed by atoms with Crippen LogP contribution in [-0.2, 0) is 16.3 Å². The van der Waals surface area contributed by atoms with Crippen molar-refractivity contribution >= 4 is 46.8 Å². The first-order valence-electron chi connectivity index (χ1n) is 12.4. The number of ether oxygens (including phenoxy) is 3. The van der Waals surface area contributed by atoms with Crippen molar-refractivity contribution in [3.05, 3.63) is 40.9 Å². The van der Waals surface area contributed by atoms with E-state index in [2.05, 4.69) is 19.6 Å². The van der Waals surface area contributed by atoms with Gasteiger partial charge in [-0.3, -0.25) is 9.36 Å². The lowest BCUT2D eigenvalue weighted by Gasteiger charge is -2.23. The Morgan fingerprint density at radius 1 is 1.05 bits per heavy atom. The number of nitrogens with zero attached hydrogens (tertiary/aromatic N) is 3. The Hall–Kier alpha value is -3.37. The minimum atomic E-state index is -1.22. The predicted octanol–water partition coefficient (Wildman–Crippen LogP) is 5.12. The Balaban J connectivity index is 2.02. The molecule has 0 spiro atoms. The molecule has 9 nitrogen and oxygen atoms in total. The van der Waals surface area contributed by atoms with Crippen molar-refractivity contribution in [2.24, 2.45) is 5.92 Å². The largest absolute Gasteiger partial charge is 0.493 e. The molecule has 0 unspecified atom stereocenters. The molecule has 198 valence electrons. The molecule has 4 rings (SSSR count). The Bertz CT molecular complexity index is 1530. The van der Waals surface area contributed by atoms with Crippen LogP contribution >= 0.6 is 0 Å². The molecule has 4 aromatic rings. The first kappa shape index (κ1) is 26.7. The molecule has 37 heavy (non-hydrogen) atoms. The third kappa shape index (κ3) is 4.95. The van der Waals surface area contributed by atoms with Gasteiger partial charge in [0.25, 0.3) is 5.56 Å². The standard InChI is InChI=1S/C27H35N3O6Si/c1-16(2)23(27(32)33)30-24-17-8-9-29(15-36-10-11-37(5,6)7)25(17)28-14-20(24)18-12-21(34-3)22(35-4)13-19(18)26(30)31/h8-9,12-14,16,23H,10-11,15H2,1-7H3,(H,32,33)/t23-/m0/s1. The van der Waals surface area contributed by atoms with Crippen LogP contribution in [0.25, 0.3) is 32.7 Å². The van der Waals surface area contributed by atoms with Gasteiger partial charge in [-0.15, -0.1) is 0 Å². The van der Waals surface area contributed by atoms with Crippen molar-refractivity contribution in [2.45, 2.75) is 52.3 Å². The summed E-state index contributed by atoms with van der Waals surface area (Å²) >= 11 is 0. The van der Waals surface area contributed by atoms with Gasteiger partial charge in [-0.1, -0.05) is 33.5 Å². The molecule has 0 radical (unpaired) electrons. The van der Waals surface area contributed by atoms with E-state index in [-0.39, 0.29) is 5.92 Å². The van der Waals surface area contributed by atoms with E-state index in [0.29, 0.717) is 57.5 Å². The van der Waals surface area contributed by atoms with Crippen LogP contribution < -0.4 is 15.0 Å². The second kappa shape index (κ2) is 10.2. The number of hydrogen-bond acceptors (Lipinski definition) is 6.